The van der Waals surface area contributed by atoms with Crippen LogP contribution in [0.15, 0.2) is 36.7 Å². The van der Waals surface area contributed by atoms with Crippen molar-refractivity contribution in [1.29, 1.82) is 0 Å². The van der Waals surface area contributed by atoms with Crippen LogP contribution in [0.1, 0.15) is 5.56 Å². The van der Waals surface area contributed by atoms with Crippen molar-refractivity contribution in [3.05, 3.63) is 48.0 Å². The van der Waals surface area contributed by atoms with Gasteiger partial charge in [0.25, 0.3) is 0 Å². The van der Waals surface area contributed by atoms with Crippen LogP contribution in [-0.4, -0.2) is 24.7 Å². The maximum Gasteiger partial charge on any atom is 0.414 e. The van der Waals surface area contributed by atoms with E-state index in [-0.39, 0.29) is 11.9 Å². The molecule has 4 nitrogen and oxygen atoms in total. The molecule has 20 heavy (non-hydrogen) atoms. The van der Waals surface area contributed by atoms with Gasteiger partial charge in [-0.2, -0.15) is 0 Å². The third kappa shape index (κ3) is 2.11. The predicted octanol–water partition coefficient (Wildman–Crippen LogP) is 3.02. The largest absolute Gasteiger partial charge is 0.452 e. The molecule has 0 N–H and O–H groups in total. The fraction of sp³-hybridized carbons (Fsp3) is 0.200. The van der Waals surface area contributed by atoms with Crippen LogP contribution in [0.25, 0.3) is 11.1 Å². The summed E-state index contributed by atoms with van der Waals surface area (Å²) in [5, 5.41) is 0. The maximum atomic E-state index is 13.2. The lowest BCUT2D eigenvalue weighted by atomic mass is 10.0. The van der Waals surface area contributed by atoms with Crippen molar-refractivity contribution in [2.24, 2.45) is 0 Å². The molecule has 102 valence electrons. The molecule has 0 atom stereocenters. The normalized spacial score (nSPS) is 13.2. The number of carbonyl (C=O) groups is 1. The Labute approximate surface area is 115 Å². The Bertz CT molecular complexity index is 673. The van der Waals surface area contributed by atoms with Gasteiger partial charge in [-0.05, 0) is 35.7 Å². The van der Waals surface area contributed by atoms with E-state index < -0.39 is 0 Å². The van der Waals surface area contributed by atoms with Crippen LogP contribution in [-0.2, 0) is 11.2 Å². The van der Waals surface area contributed by atoms with Crippen molar-refractivity contribution >= 4 is 11.8 Å². The van der Waals surface area contributed by atoms with E-state index in [1.54, 1.807) is 11.1 Å². The van der Waals surface area contributed by atoms with Gasteiger partial charge in [0, 0.05) is 18.3 Å². The third-order valence-electron chi connectivity index (χ3n) is 3.41. The highest BCUT2D eigenvalue weighted by Crippen LogP contribution is 2.32. The van der Waals surface area contributed by atoms with Gasteiger partial charge in [-0.25, -0.2) is 9.18 Å². The van der Waals surface area contributed by atoms with Gasteiger partial charge in [0.1, 0.15) is 5.82 Å². The Balaban J connectivity index is 1.97. The number of benzene rings is 1. The van der Waals surface area contributed by atoms with Crippen molar-refractivity contribution in [2.45, 2.75) is 6.42 Å². The minimum Gasteiger partial charge on any atom is -0.452 e. The van der Waals surface area contributed by atoms with Gasteiger partial charge in [-0.15, -0.1) is 0 Å². The second-order valence-electron chi connectivity index (χ2n) is 4.61. The molecule has 5 heteroatoms. The predicted molar refractivity (Wildman–Crippen MR) is 73.1 cm³/mol. The monoisotopic (exact) mass is 272 g/mol. The first-order valence-corrected chi connectivity index (χ1v) is 6.28. The molecule has 0 saturated heterocycles. The van der Waals surface area contributed by atoms with E-state index in [0.29, 0.717) is 6.54 Å². The standard InChI is InChI=1S/C15H13FN2O2/c1-20-15(19)18-5-4-11-6-10(2-3-14(11)18)12-7-13(16)9-17-8-12/h2-3,6-9H,4-5H2,1H3. The fourth-order valence-corrected chi connectivity index (χ4v) is 2.45. The lowest BCUT2D eigenvalue weighted by molar-refractivity contribution is 0.179. The van der Waals surface area contributed by atoms with E-state index in [1.807, 2.05) is 18.2 Å². The number of ether oxygens (including phenoxy) is 1. The summed E-state index contributed by atoms with van der Waals surface area (Å²) in [5.74, 6) is -0.362. The van der Waals surface area contributed by atoms with Crippen LogP contribution in [0.3, 0.4) is 0 Å². The number of pyridine rings is 1. The minimum atomic E-state index is -0.362. The molecule has 0 aliphatic carbocycles. The second kappa shape index (κ2) is 4.92. The summed E-state index contributed by atoms with van der Waals surface area (Å²) in [4.78, 5) is 17.1. The third-order valence-corrected chi connectivity index (χ3v) is 3.41. The molecule has 1 aromatic carbocycles. The molecule has 2 aromatic rings. The number of halogens is 1. The van der Waals surface area contributed by atoms with E-state index in [4.69, 9.17) is 4.74 Å². The lowest BCUT2D eigenvalue weighted by Crippen LogP contribution is -2.28. The molecule has 0 spiro atoms. The summed E-state index contributed by atoms with van der Waals surface area (Å²) in [6, 6.07) is 7.13. The first kappa shape index (κ1) is 12.6. The smallest absolute Gasteiger partial charge is 0.414 e. The number of hydrogen-bond acceptors (Lipinski definition) is 3. The van der Waals surface area contributed by atoms with Gasteiger partial charge in [0.05, 0.1) is 19.0 Å². The molecule has 0 unspecified atom stereocenters. The summed E-state index contributed by atoms with van der Waals surface area (Å²) in [7, 11) is 1.37. The number of nitrogens with zero attached hydrogens (tertiary/aromatic N) is 2. The van der Waals surface area contributed by atoms with Gasteiger partial charge in [-0.3, -0.25) is 9.88 Å². The summed E-state index contributed by atoms with van der Waals surface area (Å²) in [6.07, 6.45) is 3.21. The van der Waals surface area contributed by atoms with Gasteiger partial charge in [0.15, 0.2) is 0 Å². The SMILES string of the molecule is COC(=O)N1CCc2cc(-c3cncc(F)c3)ccc21. The summed E-state index contributed by atoms with van der Waals surface area (Å²) < 4.78 is 18.0. The van der Waals surface area contributed by atoms with E-state index >= 15 is 0 Å². The van der Waals surface area contributed by atoms with Crippen LogP contribution < -0.4 is 4.90 Å². The topological polar surface area (TPSA) is 42.4 Å². The highest BCUT2D eigenvalue weighted by Gasteiger charge is 2.25. The molecule has 0 fully saturated rings. The quantitative estimate of drug-likeness (QED) is 0.801. The van der Waals surface area contributed by atoms with E-state index in [1.165, 1.54) is 19.4 Å². The van der Waals surface area contributed by atoms with Crippen molar-refractivity contribution < 1.29 is 13.9 Å². The second-order valence-corrected chi connectivity index (χ2v) is 4.61. The highest BCUT2D eigenvalue weighted by atomic mass is 19.1. The Hall–Kier alpha value is -2.43. The number of hydrogen-bond donors (Lipinski definition) is 0. The Morgan fingerprint density at radius 2 is 2.15 bits per heavy atom. The number of aromatic nitrogens is 1. The van der Waals surface area contributed by atoms with Crippen LogP contribution in [0.5, 0.6) is 0 Å². The number of methoxy groups -OCH3 is 1. The zero-order chi connectivity index (χ0) is 14.1. The van der Waals surface area contributed by atoms with Crippen molar-refractivity contribution in [2.75, 3.05) is 18.6 Å². The molecule has 1 aromatic heterocycles. The number of carbonyl (C=O) groups excluding carboxylic acids is 1. The fourth-order valence-electron chi connectivity index (χ4n) is 2.45. The minimum absolute atomic E-state index is 0.357. The van der Waals surface area contributed by atoms with Gasteiger partial charge in [-0.1, -0.05) is 6.07 Å². The molecular weight excluding hydrogens is 259 g/mol. The average molecular weight is 272 g/mol. The molecular formula is C15H13FN2O2. The molecule has 1 aliphatic rings. The number of amides is 1. The molecule has 3 rings (SSSR count). The summed E-state index contributed by atoms with van der Waals surface area (Å²) in [5.41, 5.74) is 3.52. The van der Waals surface area contributed by atoms with Crippen molar-refractivity contribution in [3.63, 3.8) is 0 Å². The highest BCUT2D eigenvalue weighted by molar-refractivity contribution is 5.91. The Kier molecular flexibility index (Phi) is 3.10. The molecule has 1 aliphatic heterocycles. The van der Waals surface area contributed by atoms with Crippen LogP contribution in [0.2, 0.25) is 0 Å². The molecule has 0 saturated carbocycles. The summed E-state index contributed by atoms with van der Waals surface area (Å²) in [6.45, 7) is 0.604. The molecule has 0 bridgehead atoms. The first-order valence-electron chi connectivity index (χ1n) is 6.28. The van der Waals surface area contributed by atoms with Crippen LogP contribution >= 0.6 is 0 Å². The average Bonchev–Trinajstić information content (AvgIpc) is 2.89. The van der Waals surface area contributed by atoms with Gasteiger partial charge in [0.2, 0.25) is 0 Å². The number of anilines is 1. The van der Waals surface area contributed by atoms with Crippen molar-refractivity contribution in [1.82, 2.24) is 4.98 Å². The molecule has 2 heterocycles. The maximum absolute atomic E-state index is 13.2. The Morgan fingerprint density at radius 1 is 1.30 bits per heavy atom. The number of fused-ring (bicyclic) bond motifs is 1. The molecule has 0 radical (unpaired) electrons. The summed E-state index contributed by atoms with van der Waals surface area (Å²) >= 11 is 0. The molecule has 1 amide bonds. The van der Waals surface area contributed by atoms with Crippen LogP contribution in [0.4, 0.5) is 14.9 Å². The van der Waals surface area contributed by atoms with Crippen molar-refractivity contribution in [3.8, 4) is 11.1 Å². The van der Waals surface area contributed by atoms with E-state index in [2.05, 4.69) is 4.98 Å². The zero-order valence-corrected chi connectivity index (χ0v) is 11.0. The Morgan fingerprint density at radius 3 is 2.90 bits per heavy atom. The van der Waals surface area contributed by atoms with Crippen LogP contribution in [0, 0.1) is 5.82 Å². The van der Waals surface area contributed by atoms with E-state index in [0.717, 1.165) is 28.8 Å². The lowest BCUT2D eigenvalue weighted by Gasteiger charge is -2.15. The number of rotatable bonds is 1. The van der Waals surface area contributed by atoms with E-state index in [9.17, 15) is 9.18 Å². The van der Waals surface area contributed by atoms with Gasteiger partial charge >= 0.3 is 6.09 Å². The zero-order valence-electron chi connectivity index (χ0n) is 11.0. The first-order chi connectivity index (χ1) is 9.69. The van der Waals surface area contributed by atoms with Gasteiger partial charge < -0.3 is 4.74 Å².